The number of halogens is 1. The van der Waals surface area contributed by atoms with Crippen LogP contribution < -0.4 is 10.5 Å². The molecule has 84 valence electrons. The van der Waals surface area contributed by atoms with Crippen molar-refractivity contribution in [1.82, 2.24) is 0 Å². The van der Waals surface area contributed by atoms with Gasteiger partial charge in [0.15, 0.2) is 0 Å². The summed E-state index contributed by atoms with van der Waals surface area (Å²) >= 11 is 5.85. The van der Waals surface area contributed by atoms with Crippen LogP contribution >= 0.6 is 11.6 Å². The summed E-state index contributed by atoms with van der Waals surface area (Å²) in [6, 6.07) is 3.49. The number of phenols is 1. The molecule has 1 atom stereocenters. The van der Waals surface area contributed by atoms with E-state index in [0.29, 0.717) is 12.3 Å². The van der Waals surface area contributed by atoms with Gasteiger partial charge in [-0.2, -0.15) is 0 Å². The highest BCUT2D eigenvalue weighted by molar-refractivity contribution is 6.33. The molecule has 0 aromatic heterocycles. The minimum Gasteiger partial charge on any atom is -0.506 e. The Hall–Kier alpha value is -0.930. The van der Waals surface area contributed by atoms with E-state index in [0.717, 1.165) is 12.0 Å². The molecule has 1 aromatic carbocycles. The van der Waals surface area contributed by atoms with Crippen LogP contribution in [0.3, 0.4) is 0 Å². The molecule has 0 radical (unpaired) electrons. The Balaban J connectivity index is 3.05. The Morgan fingerprint density at radius 1 is 1.53 bits per heavy atom. The Morgan fingerprint density at radius 3 is 2.73 bits per heavy atom. The zero-order valence-corrected chi connectivity index (χ0v) is 9.71. The molecule has 3 nitrogen and oxygen atoms in total. The number of phenolic OH excluding ortho intramolecular Hbond substituents is 1. The maximum atomic E-state index is 9.59. The Bertz CT molecular complexity index is 342. The van der Waals surface area contributed by atoms with Gasteiger partial charge >= 0.3 is 0 Å². The van der Waals surface area contributed by atoms with Crippen molar-refractivity contribution in [3.63, 3.8) is 0 Å². The molecule has 0 saturated heterocycles. The fourth-order valence-corrected chi connectivity index (χ4v) is 1.64. The van der Waals surface area contributed by atoms with Crippen molar-refractivity contribution in [2.45, 2.75) is 19.3 Å². The summed E-state index contributed by atoms with van der Waals surface area (Å²) in [6.07, 6.45) is 0.865. The minimum atomic E-state index is 0.0508. The van der Waals surface area contributed by atoms with Crippen LogP contribution in [0.1, 0.15) is 24.8 Å². The van der Waals surface area contributed by atoms with Gasteiger partial charge in [-0.25, -0.2) is 0 Å². The second-order valence-electron chi connectivity index (χ2n) is 3.53. The Labute approximate surface area is 94.8 Å². The van der Waals surface area contributed by atoms with Crippen molar-refractivity contribution >= 4 is 11.6 Å². The van der Waals surface area contributed by atoms with E-state index in [4.69, 9.17) is 22.1 Å². The van der Waals surface area contributed by atoms with Crippen LogP contribution in [0.2, 0.25) is 5.02 Å². The number of rotatable bonds is 4. The average Bonchev–Trinajstić information content (AvgIpc) is 2.22. The van der Waals surface area contributed by atoms with E-state index in [1.54, 1.807) is 6.07 Å². The molecule has 1 aromatic rings. The third kappa shape index (κ3) is 2.76. The maximum Gasteiger partial charge on any atom is 0.141 e. The van der Waals surface area contributed by atoms with E-state index < -0.39 is 0 Å². The van der Waals surface area contributed by atoms with Gasteiger partial charge in [-0.05, 0) is 36.6 Å². The van der Waals surface area contributed by atoms with Crippen LogP contribution in [0.15, 0.2) is 12.1 Å². The fourth-order valence-electron chi connectivity index (χ4n) is 1.45. The second-order valence-corrected chi connectivity index (χ2v) is 3.91. The van der Waals surface area contributed by atoms with Crippen molar-refractivity contribution in [1.29, 1.82) is 0 Å². The molecule has 0 bridgehead atoms. The Morgan fingerprint density at radius 2 is 2.20 bits per heavy atom. The molecule has 0 heterocycles. The number of hydrogen-bond acceptors (Lipinski definition) is 3. The molecule has 0 aliphatic heterocycles. The topological polar surface area (TPSA) is 55.5 Å². The maximum absolute atomic E-state index is 9.59. The quantitative estimate of drug-likeness (QED) is 0.834. The van der Waals surface area contributed by atoms with Gasteiger partial charge in [0.25, 0.3) is 0 Å². The Kier molecular flexibility index (Phi) is 4.24. The van der Waals surface area contributed by atoms with Gasteiger partial charge in [0.05, 0.1) is 7.11 Å². The van der Waals surface area contributed by atoms with Gasteiger partial charge in [-0.3, -0.25) is 0 Å². The number of aromatic hydroxyl groups is 1. The van der Waals surface area contributed by atoms with Crippen LogP contribution in [-0.2, 0) is 0 Å². The molecule has 4 heteroatoms. The normalized spacial score (nSPS) is 12.5. The molecule has 0 saturated carbocycles. The second kappa shape index (κ2) is 5.24. The first-order valence-corrected chi connectivity index (χ1v) is 5.24. The number of benzene rings is 1. The summed E-state index contributed by atoms with van der Waals surface area (Å²) in [5, 5.41) is 9.84. The first-order chi connectivity index (χ1) is 7.10. The smallest absolute Gasteiger partial charge is 0.141 e. The molecule has 0 aliphatic carbocycles. The third-order valence-electron chi connectivity index (χ3n) is 2.43. The first kappa shape index (κ1) is 12.1. The average molecular weight is 230 g/mol. The van der Waals surface area contributed by atoms with Crippen molar-refractivity contribution < 1.29 is 9.84 Å². The molecular formula is C11H16ClNO2. The summed E-state index contributed by atoms with van der Waals surface area (Å²) in [7, 11) is 1.53. The zero-order chi connectivity index (χ0) is 11.4. The van der Waals surface area contributed by atoms with Crippen LogP contribution in [0.4, 0.5) is 0 Å². The number of hydrogen-bond donors (Lipinski definition) is 2. The van der Waals surface area contributed by atoms with E-state index in [1.165, 1.54) is 7.11 Å². The van der Waals surface area contributed by atoms with Crippen LogP contribution in [-0.4, -0.2) is 18.8 Å². The summed E-state index contributed by atoms with van der Waals surface area (Å²) in [5.41, 5.74) is 6.47. The van der Waals surface area contributed by atoms with E-state index in [9.17, 15) is 5.11 Å². The van der Waals surface area contributed by atoms with Crippen molar-refractivity contribution in [2.75, 3.05) is 13.7 Å². The summed E-state index contributed by atoms with van der Waals surface area (Å²) in [4.78, 5) is 0. The van der Waals surface area contributed by atoms with Gasteiger partial charge in [-0.15, -0.1) is 0 Å². The highest BCUT2D eigenvalue weighted by atomic mass is 35.5. The molecule has 0 spiro atoms. The van der Waals surface area contributed by atoms with Gasteiger partial charge in [0, 0.05) is 0 Å². The molecule has 1 rings (SSSR count). The van der Waals surface area contributed by atoms with Crippen molar-refractivity contribution in [3.8, 4) is 11.5 Å². The lowest BCUT2D eigenvalue weighted by Crippen LogP contribution is -2.04. The third-order valence-corrected chi connectivity index (χ3v) is 2.81. The highest BCUT2D eigenvalue weighted by Crippen LogP contribution is 2.37. The summed E-state index contributed by atoms with van der Waals surface area (Å²) < 4.78 is 5.07. The molecule has 0 aliphatic rings. The largest absolute Gasteiger partial charge is 0.506 e. The standard InChI is InChI=1S/C11H16ClNO2/c1-7(3-4-13)8-5-9(14)11(12)10(6-8)15-2/h5-7,14H,3-4,13H2,1-2H3. The predicted molar refractivity (Wildman–Crippen MR) is 61.8 cm³/mol. The van der Waals surface area contributed by atoms with Crippen LogP contribution in [0, 0.1) is 0 Å². The van der Waals surface area contributed by atoms with Crippen LogP contribution in [0.5, 0.6) is 11.5 Å². The fraction of sp³-hybridized carbons (Fsp3) is 0.455. The summed E-state index contributed by atoms with van der Waals surface area (Å²) in [5.74, 6) is 0.831. The number of methoxy groups -OCH3 is 1. The van der Waals surface area contributed by atoms with E-state index in [-0.39, 0.29) is 16.7 Å². The zero-order valence-electron chi connectivity index (χ0n) is 8.96. The van der Waals surface area contributed by atoms with Crippen molar-refractivity contribution in [2.24, 2.45) is 5.73 Å². The predicted octanol–water partition coefficient (Wildman–Crippen LogP) is 2.51. The molecule has 1 unspecified atom stereocenters. The van der Waals surface area contributed by atoms with E-state index in [1.807, 2.05) is 6.07 Å². The van der Waals surface area contributed by atoms with Gasteiger partial charge in [0.1, 0.15) is 16.5 Å². The molecular weight excluding hydrogens is 214 g/mol. The molecule has 0 fully saturated rings. The first-order valence-electron chi connectivity index (χ1n) is 4.86. The lowest BCUT2D eigenvalue weighted by atomic mass is 9.97. The summed E-state index contributed by atoms with van der Waals surface area (Å²) in [6.45, 7) is 2.67. The van der Waals surface area contributed by atoms with Gasteiger partial charge in [-0.1, -0.05) is 18.5 Å². The van der Waals surface area contributed by atoms with Crippen molar-refractivity contribution in [3.05, 3.63) is 22.7 Å². The monoisotopic (exact) mass is 229 g/mol. The van der Waals surface area contributed by atoms with Crippen LogP contribution in [0.25, 0.3) is 0 Å². The van der Waals surface area contributed by atoms with E-state index in [2.05, 4.69) is 6.92 Å². The molecule has 3 N–H and O–H groups in total. The minimum absolute atomic E-state index is 0.0508. The SMILES string of the molecule is COc1cc(C(C)CCN)cc(O)c1Cl. The lowest BCUT2D eigenvalue weighted by molar-refractivity contribution is 0.406. The van der Waals surface area contributed by atoms with Gasteiger partial charge < -0.3 is 15.6 Å². The number of ether oxygens (including phenoxy) is 1. The van der Waals surface area contributed by atoms with Gasteiger partial charge in [0.2, 0.25) is 0 Å². The molecule has 0 amide bonds. The highest BCUT2D eigenvalue weighted by Gasteiger charge is 2.12. The molecule has 15 heavy (non-hydrogen) atoms. The number of nitrogens with two attached hydrogens (primary N) is 1. The van der Waals surface area contributed by atoms with E-state index >= 15 is 0 Å². The lowest BCUT2D eigenvalue weighted by Gasteiger charge is -2.13.